The molecule has 4 nitrogen and oxygen atoms in total. The van der Waals surface area contributed by atoms with Crippen LogP contribution in [0.1, 0.15) is 12.8 Å². The molecule has 56 valence electrons. The highest BCUT2D eigenvalue weighted by atomic mass is 16.5. The fourth-order valence-electron chi connectivity index (χ4n) is 0.479. The summed E-state index contributed by atoms with van der Waals surface area (Å²) in [5.74, 6) is -0.236. The third-order valence-corrected chi connectivity index (χ3v) is 0.989. The highest BCUT2D eigenvalue weighted by Crippen LogP contribution is 1.88. The van der Waals surface area contributed by atoms with Gasteiger partial charge in [-0.15, -0.1) is 0 Å². The van der Waals surface area contributed by atoms with E-state index in [1.807, 2.05) is 0 Å². The maximum absolute atomic E-state index is 10.4. The third kappa shape index (κ3) is 4.91. The van der Waals surface area contributed by atoms with Crippen molar-refractivity contribution in [1.82, 2.24) is 5.32 Å². The highest BCUT2D eigenvalue weighted by molar-refractivity contribution is 5.69. The second-order valence-electron chi connectivity index (χ2n) is 1.72. The van der Waals surface area contributed by atoms with E-state index in [1.165, 1.54) is 7.11 Å². The van der Waals surface area contributed by atoms with Crippen molar-refractivity contribution in [3.05, 3.63) is 0 Å². The van der Waals surface area contributed by atoms with Gasteiger partial charge in [0.25, 0.3) is 0 Å². The van der Waals surface area contributed by atoms with Crippen LogP contribution in [-0.4, -0.2) is 19.6 Å². The molecule has 0 aliphatic heterocycles. The molecule has 0 fully saturated rings. The predicted octanol–water partition coefficient (Wildman–Crippen LogP) is 0.0103. The van der Waals surface area contributed by atoms with Gasteiger partial charge in [-0.3, -0.25) is 4.79 Å². The molecule has 0 amide bonds. The Balaban J connectivity index is 3.05. The van der Waals surface area contributed by atoms with E-state index in [0.717, 1.165) is 0 Å². The largest absolute Gasteiger partial charge is 0.469 e. The molecule has 0 unspecified atom stereocenters. The molecule has 1 N–H and O–H groups in total. The monoisotopic (exact) mass is 142 g/mol. The molecule has 0 rings (SSSR count). The number of nitriles is 1. The van der Waals surface area contributed by atoms with Crippen LogP contribution in [0.25, 0.3) is 0 Å². The normalized spacial score (nSPS) is 8.00. The molecule has 0 atom stereocenters. The summed E-state index contributed by atoms with van der Waals surface area (Å²) in [6.07, 6.45) is 2.76. The van der Waals surface area contributed by atoms with E-state index in [2.05, 4.69) is 10.1 Å². The topological polar surface area (TPSA) is 62.1 Å². The summed E-state index contributed by atoms with van der Waals surface area (Å²) in [7, 11) is 1.35. The first kappa shape index (κ1) is 8.76. The van der Waals surface area contributed by atoms with Crippen molar-refractivity contribution >= 4 is 5.97 Å². The Morgan fingerprint density at radius 1 is 1.80 bits per heavy atom. The number of nitrogens with zero attached hydrogens (tertiary/aromatic N) is 1. The zero-order valence-electron chi connectivity index (χ0n) is 5.89. The molecule has 10 heavy (non-hydrogen) atoms. The van der Waals surface area contributed by atoms with Gasteiger partial charge in [-0.05, 0) is 6.42 Å². The van der Waals surface area contributed by atoms with E-state index < -0.39 is 0 Å². The Morgan fingerprint density at radius 2 is 2.50 bits per heavy atom. The van der Waals surface area contributed by atoms with Gasteiger partial charge in [0, 0.05) is 13.0 Å². The van der Waals surface area contributed by atoms with Gasteiger partial charge in [0.05, 0.1) is 7.11 Å². The van der Waals surface area contributed by atoms with Crippen LogP contribution in [-0.2, 0) is 9.53 Å². The molecule has 0 radical (unpaired) electrons. The lowest BCUT2D eigenvalue weighted by molar-refractivity contribution is -0.140. The second kappa shape index (κ2) is 5.89. The maximum atomic E-state index is 10.4. The second-order valence-corrected chi connectivity index (χ2v) is 1.72. The van der Waals surface area contributed by atoms with Gasteiger partial charge in [0.1, 0.15) is 0 Å². The quantitative estimate of drug-likeness (QED) is 0.260. The van der Waals surface area contributed by atoms with Gasteiger partial charge in [-0.2, -0.15) is 5.26 Å². The SMILES string of the molecule is COC(=O)CCCNC#N. The summed E-state index contributed by atoms with van der Waals surface area (Å²) < 4.78 is 4.38. The number of nitrogens with one attached hydrogen (secondary N) is 1. The van der Waals surface area contributed by atoms with Gasteiger partial charge in [-0.25, -0.2) is 0 Å². The molecule has 0 spiro atoms. The first-order chi connectivity index (χ1) is 4.81. The Kier molecular flexibility index (Phi) is 5.16. The van der Waals surface area contributed by atoms with Crippen molar-refractivity contribution in [2.45, 2.75) is 12.8 Å². The molecule has 0 aromatic rings. The van der Waals surface area contributed by atoms with Crippen molar-refractivity contribution in [2.24, 2.45) is 0 Å². The summed E-state index contributed by atoms with van der Waals surface area (Å²) in [6.45, 7) is 0.533. The molecule has 0 bridgehead atoms. The van der Waals surface area contributed by atoms with Crippen molar-refractivity contribution in [3.8, 4) is 6.19 Å². The van der Waals surface area contributed by atoms with Crippen molar-refractivity contribution in [1.29, 1.82) is 5.26 Å². The van der Waals surface area contributed by atoms with Crippen LogP contribution in [0, 0.1) is 11.5 Å². The Hall–Kier alpha value is -1.24. The summed E-state index contributed by atoms with van der Waals surface area (Å²) in [5, 5.41) is 10.4. The van der Waals surface area contributed by atoms with Crippen LogP contribution in [0.15, 0.2) is 0 Å². The van der Waals surface area contributed by atoms with Gasteiger partial charge < -0.3 is 10.1 Å². The van der Waals surface area contributed by atoms with E-state index in [0.29, 0.717) is 19.4 Å². The van der Waals surface area contributed by atoms with Gasteiger partial charge >= 0.3 is 5.97 Å². The van der Waals surface area contributed by atoms with Crippen molar-refractivity contribution in [2.75, 3.05) is 13.7 Å². The standard InChI is InChI=1S/C6H10N2O2/c1-10-6(9)3-2-4-8-5-7/h8H,2-4H2,1H3. The summed E-state index contributed by atoms with van der Waals surface area (Å²) >= 11 is 0. The molecule has 0 aromatic carbocycles. The zero-order chi connectivity index (χ0) is 7.82. The molecule has 4 heteroatoms. The number of rotatable bonds is 4. The minimum Gasteiger partial charge on any atom is -0.469 e. The van der Waals surface area contributed by atoms with Crippen LogP contribution in [0.2, 0.25) is 0 Å². The number of hydrogen-bond acceptors (Lipinski definition) is 4. The number of esters is 1. The molecule has 0 heterocycles. The lowest BCUT2D eigenvalue weighted by atomic mass is 10.3. The lowest BCUT2D eigenvalue weighted by Gasteiger charge is -1.96. The fraction of sp³-hybridized carbons (Fsp3) is 0.667. The number of ether oxygens (including phenoxy) is 1. The van der Waals surface area contributed by atoms with E-state index in [-0.39, 0.29) is 5.97 Å². The molecular weight excluding hydrogens is 132 g/mol. The summed E-state index contributed by atoms with van der Waals surface area (Å²) in [4.78, 5) is 10.4. The fourth-order valence-corrected chi connectivity index (χ4v) is 0.479. The zero-order valence-corrected chi connectivity index (χ0v) is 5.89. The van der Waals surface area contributed by atoms with Crippen LogP contribution < -0.4 is 5.32 Å². The summed E-state index contributed by atoms with van der Waals surface area (Å²) in [5.41, 5.74) is 0. The Bertz CT molecular complexity index is 139. The predicted molar refractivity (Wildman–Crippen MR) is 34.9 cm³/mol. The van der Waals surface area contributed by atoms with Gasteiger partial charge in [-0.1, -0.05) is 0 Å². The molecule has 0 aliphatic rings. The Morgan fingerprint density at radius 3 is 3.00 bits per heavy atom. The average molecular weight is 142 g/mol. The van der Waals surface area contributed by atoms with Crippen LogP contribution >= 0.6 is 0 Å². The van der Waals surface area contributed by atoms with Crippen LogP contribution in [0.3, 0.4) is 0 Å². The van der Waals surface area contributed by atoms with E-state index >= 15 is 0 Å². The first-order valence-corrected chi connectivity index (χ1v) is 3.00. The highest BCUT2D eigenvalue weighted by Gasteiger charge is 1.97. The number of hydrogen-bond donors (Lipinski definition) is 1. The molecule has 0 saturated heterocycles. The molecular formula is C6H10N2O2. The maximum Gasteiger partial charge on any atom is 0.305 e. The first-order valence-electron chi connectivity index (χ1n) is 3.00. The van der Waals surface area contributed by atoms with Gasteiger partial charge in [0.2, 0.25) is 0 Å². The molecule has 0 aromatic heterocycles. The van der Waals surface area contributed by atoms with E-state index in [9.17, 15) is 4.79 Å². The van der Waals surface area contributed by atoms with Crippen LogP contribution in [0.4, 0.5) is 0 Å². The lowest BCUT2D eigenvalue weighted by Crippen LogP contribution is -2.09. The van der Waals surface area contributed by atoms with E-state index in [1.54, 1.807) is 6.19 Å². The summed E-state index contributed by atoms with van der Waals surface area (Å²) in [6, 6.07) is 0. The van der Waals surface area contributed by atoms with Crippen molar-refractivity contribution in [3.63, 3.8) is 0 Å². The minimum absolute atomic E-state index is 0.236. The minimum atomic E-state index is -0.236. The number of methoxy groups -OCH3 is 1. The number of carbonyl (C=O) groups is 1. The van der Waals surface area contributed by atoms with Gasteiger partial charge in [0.15, 0.2) is 6.19 Å². The van der Waals surface area contributed by atoms with Crippen LogP contribution in [0.5, 0.6) is 0 Å². The van der Waals surface area contributed by atoms with E-state index in [4.69, 9.17) is 5.26 Å². The molecule has 0 aliphatic carbocycles. The Labute approximate surface area is 59.8 Å². The molecule has 0 saturated carbocycles. The number of carbonyl (C=O) groups excluding carboxylic acids is 1. The average Bonchev–Trinajstić information content (AvgIpc) is 1.98. The third-order valence-electron chi connectivity index (χ3n) is 0.989. The van der Waals surface area contributed by atoms with Crippen molar-refractivity contribution < 1.29 is 9.53 Å². The smallest absolute Gasteiger partial charge is 0.305 e.